The van der Waals surface area contributed by atoms with E-state index in [4.69, 9.17) is 26.8 Å². The first-order valence-corrected chi connectivity index (χ1v) is 7.43. The van der Waals surface area contributed by atoms with Gasteiger partial charge in [0.15, 0.2) is 18.1 Å². The van der Waals surface area contributed by atoms with Gasteiger partial charge in [0.25, 0.3) is 11.8 Å². The molecule has 0 bridgehead atoms. The number of halogens is 1. The summed E-state index contributed by atoms with van der Waals surface area (Å²) in [6.45, 7) is -0.340. The van der Waals surface area contributed by atoms with Gasteiger partial charge < -0.3 is 20.1 Å². The molecule has 2 rings (SSSR count). The van der Waals surface area contributed by atoms with Crippen LogP contribution in [0.5, 0.6) is 11.5 Å². The number of primary amides is 1. The minimum Gasteiger partial charge on any atom is -0.493 e. The quantitative estimate of drug-likeness (QED) is 0.869. The van der Waals surface area contributed by atoms with Crippen molar-refractivity contribution in [1.82, 2.24) is 0 Å². The second-order valence-electron chi connectivity index (χ2n) is 4.94. The van der Waals surface area contributed by atoms with Gasteiger partial charge in [0.1, 0.15) is 0 Å². The van der Waals surface area contributed by atoms with Crippen molar-refractivity contribution < 1.29 is 19.1 Å². The molecule has 24 heavy (non-hydrogen) atoms. The number of carbonyl (C=O) groups is 2. The first-order valence-electron chi connectivity index (χ1n) is 7.05. The molecule has 2 N–H and O–H groups in total. The fourth-order valence-electron chi connectivity index (χ4n) is 2.09. The first kappa shape index (κ1) is 17.6. The summed E-state index contributed by atoms with van der Waals surface area (Å²) >= 11 is 6.16. The van der Waals surface area contributed by atoms with Crippen molar-refractivity contribution >= 4 is 29.1 Å². The van der Waals surface area contributed by atoms with Crippen molar-refractivity contribution in [2.45, 2.75) is 0 Å². The topological polar surface area (TPSA) is 81.9 Å². The number of rotatable bonds is 6. The monoisotopic (exact) mass is 348 g/mol. The number of anilines is 1. The molecule has 126 valence electrons. The van der Waals surface area contributed by atoms with Crippen LogP contribution in [0.3, 0.4) is 0 Å². The SMILES string of the molecule is COc1cc(C(=O)N(C)c2ccccc2)cc(Cl)c1OCC(N)=O. The lowest BCUT2D eigenvalue weighted by molar-refractivity contribution is -0.119. The van der Waals surface area contributed by atoms with Crippen molar-refractivity contribution in [3.05, 3.63) is 53.1 Å². The van der Waals surface area contributed by atoms with E-state index in [-0.39, 0.29) is 29.0 Å². The normalized spacial score (nSPS) is 10.1. The van der Waals surface area contributed by atoms with Gasteiger partial charge in [-0.15, -0.1) is 0 Å². The van der Waals surface area contributed by atoms with E-state index in [1.807, 2.05) is 30.3 Å². The fraction of sp³-hybridized carbons (Fsp3) is 0.176. The van der Waals surface area contributed by atoms with E-state index in [9.17, 15) is 9.59 Å². The number of carbonyl (C=O) groups excluding carboxylic acids is 2. The van der Waals surface area contributed by atoms with E-state index in [0.717, 1.165) is 5.69 Å². The highest BCUT2D eigenvalue weighted by atomic mass is 35.5. The van der Waals surface area contributed by atoms with Gasteiger partial charge in [-0.25, -0.2) is 0 Å². The van der Waals surface area contributed by atoms with Crippen LogP contribution < -0.4 is 20.1 Å². The number of nitrogens with zero attached hydrogens (tertiary/aromatic N) is 1. The molecule has 0 heterocycles. The third kappa shape index (κ3) is 3.97. The zero-order chi connectivity index (χ0) is 17.7. The second kappa shape index (κ2) is 7.70. The summed E-state index contributed by atoms with van der Waals surface area (Å²) in [6, 6.07) is 12.2. The summed E-state index contributed by atoms with van der Waals surface area (Å²) in [7, 11) is 3.08. The zero-order valence-corrected chi connectivity index (χ0v) is 14.0. The standard InChI is InChI=1S/C17H17ClN2O4/c1-20(12-6-4-3-5-7-12)17(22)11-8-13(18)16(14(9-11)23-2)24-10-15(19)21/h3-9H,10H2,1-2H3,(H2,19,21). The number of ether oxygens (including phenoxy) is 2. The highest BCUT2D eigenvalue weighted by molar-refractivity contribution is 6.32. The van der Waals surface area contributed by atoms with Gasteiger partial charge in [-0.1, -0.05) is 29.8 Å². The Bertz CT molecular complexity index is 750. The summed E-state index contributed by atoms with van der Waals surface area (Å²) in [5.41, 5.74) is 6.13. The van der Waals surface area contributed by atoms with Gasteiger partial charge in [0, 0.05) is 18.3 Å². The van der Waals surface area contributed by atoms with Crippen LogP contribution in [0.1, 0.15) is 10.4 Å². The average Bonchev–Trinajstić information content (AvgIpc) is 2.59. The minimum absolute atomic E-state index is 0.153. The molecule has 6 nitrogen and oxygen atoms in total. The van der Waals surface area contributed by atoms with Crippen LogP contribution in [0.15, 0.2) is 42.5 Å². The molecule has 0 saturated carbocycles. The third-order valence-corrected chi connectivity index (χ3v) is 3.56. The lowest BCUT2D eigenvalue weighted by atomic mass is 10.1. The molecule has 0 radical (unpaired) electrons. The van der Waals surface area contributed by atoms with Crippen molar-refractivity contribution in [3.8, 4) is 11.5 Å². The predicted octanol–water partition coefficient (Wildman–Crippen LogP) is 2.49. The molecule has 7 heteroatoms. The van der Waals surface area contributed by atoms with Crippen molar-refractivity contribution in [2.75, 3.05) is 25.7 Å². The first-order chi connectivity index (χ1) is 11.4. The van der Waals surface area contributed by atoms with E-state index in [1.165, 1.54) is 24.1 Å². The molecule has 0 aromatic heterocycles. The third-order valence-electron chi connectivity index (χ3n) is 3.28. The Kier molecular flexibility index (Phi) is 5.65. The molecular formula is C17H17ClN2O4. The number of hydrogen-bond acceptors (Lipinski definition) is 4. The van der Waals surface area contributed by atoms with E-state index in [2.05, 4.69) is 0 Å². The molecule has 0 saturated heterocycles. The van der Waals surface area contributed by atoms with Crippen LogP contribution in [-0.4, -0.2) is 32.6 Å². The molecular weight excluding hydrogens is 332 g/mol. The Morgan fingerprint density at radius 2 is 1.88 bits per heavy atom. The highest BCUT2D eigenvalue weighted by Gasteiger charge is 2.19. The molecule has 0 unspecified atom stereocenters. The van der Waals surface area contributed by atoms with Gasteiger partial charge in [-0.05, 0) is 24.3 Å². The van der Waals surface area contributed by atoms with Gasteiger partial charge in [-0.3, -0.25) is 9.59 Å². The summed E-state index contributed by atoms with van der Waals surface area (Å²) in [5.74, 6) is -0.495. The number of benzene rings is 2. The second-order valence-corrected chi connectivity index (χ2v) is 5.35. The van der Waals surface area contributed by atoms with E-state index < -0.39 is 5.91 Å². The molecule has 0 aliphatic carbocycles. The molecule has 0 aliphatic rings. The average molecular weight is 349 g/mol. The lowest BCUT2D eigenvalue weighted by Gasteiger charge is -2.19. The Morgan fingerprint density at radius 1 is 1.21 bits per heavy atom. The predicted molar refractivity (Wildman–Crippen MR) is 91.9 cm³/mol. The molecule has 0 atom stereocenters. The Hall–Kier alpha value is -2.73. The number of nitrogens with two attached hydrogens (primary N) is 1. The smallest absolute Gasteiger partial charge is 0.258 e. The van der Waals surface area contributed by atoms with Crippen molar-refractivity contribution in [1.29, 1.82) is 0 Å². The fourth-order valence-corrected chi connectivity index (χ4v) is 2.35. The largest absolute Gasteiger partial charge is 0.493 e. The number of methoxy groups -OCH3 is 1. The molecule has 0 spiro atoms. The number of hydrogen-bond donors (Lipinski definition) is 1. The van der Waals surface area contributed by atoms with Crippen molar-refractivity contribution in [2.24, 2.45) is 5.73 Å². The maximum Gasteiger partial charge on any atom is 0.258 e. The van der Waals surface area contributed by atoms with E-state index in [0.29, 0.717) is 5.56 Å². The van der Waals surface area contributed by atoms with Crippen LogP contribution in [0, 0.1) is 0 Å². The summed E-state index contributed by atoms with van der Waals surface area (Å²) in [6.07, 6.45) is 0. The number of para-hydroxylation sites is 1. The maximum atomic E-state index is 12.6. The van der Waals surface area contributed by atoms with Crippen LogP contribution in [0.4, 0.5) is 5.69 Å². The van der Waals surface area contributed by atoms with Gasteiger partial charge in [0.2, 0.25) is 0 Å². The van der Waals surface area contributed by atoms with E-state index in [1.54, 1.807) is 7.05 Å². The highest BCUT2D eigenvalue weighted by Crippen LogP contribution is 2.36. The molecule has 0 fully saturated rings. The Balaban J connectivity index is 2.32. The Labute approximate surface area is 144 Å². The minimum atomic E-state index is -0.642. The van der Waals surface area contributed by atoms with Crippen LogP contribution in [0.25, 0.3) is 0 Å². The van der Waals surface area contributed by atoms with Crippen molar-refractivity contribution in [3.63, 3.8) is 0 Å². The Morgan fingerprint density at radius 3 is 2.46 bits per heavy atom. The van der Waals surface area contributed by atoms with Crippen LogP contribution >= 0.6 is 11.6 Å². The number of amides is 2. The van der Waals surface area contributed by atoms with Crippen LogP contribution in [0.2, 0.25) is 5.02 Å². The van der Waals surface area contributed by atoms with Crippen LogP contribution in [-0.2, 0) is 4.79 Å². The molecule has 2 aromatic rings. The van der Waals surface area contributed by atoms with E-state index >= 15 is 0 Å². The molecule has 0 aliphatic heterocycles. The lowest BCUT2D eigenvalue weighted by Crippen LogP contribution is -2.26. The van der Waals surface area contributed by atoms with Gasteiger partial charge in [0.05, 0.1) is 12.1 Å². The van der Waals surface area contributed by atoms with Gasteiger partial charge in [-0.2, -0.15) is 0 Å². The summed E-state index contributed by atoms with van der Waals surface area (Å²) in [4.78, 5) is 25.0. The molecule has 2 amide bonds. The maximum absolute atomic E-state index is 12.6. The summed E-state index contributed by atoms with van der Waals surface area (Å²) < 4.78 is 10.4. The molecule has 2 aromatic carbocycles. The van der Waals surface area contributed by atoms with Gasteiger partial charge >= 0.3 is 0 Å². The zero-order valence-electron chi connectivity index (χ0n) is 13.3. The summed E-state index contributed by atoms with van der Waals surface area (Å²) in [5, 5.41) is 0.153.